The molecular weight excluding hydrogens is 514 g/mol. The molecule has 0 aliphatic carbocycles. The highest BCUT2D eigenvalue weighted by Crippen LogP contribution is 2.53. The van der Waals surface area contributed by atoms with Gasteiger partial charge in [-0.3, -0.25) is 9.59 Å². The number of ketones is 1. The maximum atomic E-state index is 14.1. The average Bonchev–Trinajstić information content (AvgIpc) is 3.56. The van der Waals surface area contributed by atoms with Crippen molar-refractivity contribution >= 4 is 20.0 Å². The Hall–Kier alpha value is -2.30. The van der Waals surface area contributed by atoms with Gasteiger partial charge in [-0.05, 0) is 35.5 Å². The molecule has 6 atom stereocenters. The number of benzene rings is 1. The second kappa shape index (κ2) is 10.6. The number of ether oxygens (including phenoxy) is 2. The molecule has 0 bridgehead atoms. The Kier molecular flexibility index (Phi) is 8.06. The fourth-order valence-electron chi connectivity index (χ4n) is 6.69. The van der Waals surface area contributed by atoms with E-state index in [1.54, 1.807) is 37.3 Å². The smallest absolute Gasteiger partial charge is 0.277 e. The van der Waals surface area contributed by atoms with E-state index in [1.165, 1.54) is 0 Å². The molecule has 4 rings (SSSR count). The molecule has 1 aromatic rings. The summed E-state index contributed by atoms with van der Waals surface area (Å²) < 4.78 is 19.2. The maximum absolute atomic E-state index is 14.1. The van der Waals surface area contributed by atoms with Gasteiger partial charge >= 0.3 is 0 Å². The van der Waals surface area contributed by atoms with Gasteiger partial charge in [-0.15, -0.1) is 0 Å². The van der Waals surface area contributed by atoms with Gasteiger partial charge in [0.05, 0.1) is 0 Å². The first-order chi connectivity index (χ1) is 18.3. The fourth-order valence-corrected chi connectivity index (χ4v) is 12.3. The van der Waals surface area contributed by atoms with E-state index in [-0.39, 0.29) is 34.1 Å². The van der Waals surface area contributed by atoms with Crippen LogP contribution in [0.3, 0.4) is 0 Å². The number of rotatable bonds is 10. The van der Waals surface area contributed by atoms with Gasteiger partial charge < -0.3 is 29.4 Å². The quantitative estimate of drug-likeness (QED) is 0.168. The van der Waals surface area contributed by atoms with Crippen LogP contribution in [0.4, 0.5) is 0 Å². The zero-order valence-corrected chi connectivity index (χ0v) is 25.2. The van der Waals surface area contributed by atoms with Crippen molar-refractivity contribution in [3.05, 3.63) is 59.4 Å². The van der Waals surface area contributed by atoms with Crippen LogP contribution in [-0.2, 0) is 23.5 Å². The zero-order valence-electron chi connectivity index (χ0n) is 24.2. The lowest BCUT2D eigenvalue weighted by molar-refractivity contribution is -0.180. The molecule has 1 unspecified atom stereocenters. The monoisotopic (exact) mass is 557 g/mol. The first-order valence-corrected chi connectivity index (χ1v) is 16.1. The van der Waals surface area contributed by atoms with Crippen molar-refractivity contribution in [2.45, 2.75) is 114 Å². The minimum Gasteiger partial charge on any atom is -0.467 e. The highest BCUT2D eigenvalue weighted by Gasteiger charge is 2.76. The van der Waals surface area contributed by atoms with Gasteiger partial charge in [-0.25, -0.2) is 0 Å². The first-order valence-electron chi connectivity index (χ1n) is 14.0. The molecule has 2 fully saturated rings. The minimum absolute atomic E-state index is 0.0729. The highest BCUT2D eigenvalue weighted by atomic mass is 28.4. The van der Waals surface area contributed by atoms with Crippen LogP contribution >= 0.6 is 0 Å². The summed E-state index contributed by atoms with van der Waals surface area (Å²) in [6.07, 6.45) is 0.882. The van der Waals surface area contributed by atoms with E-state index in [2.05, 4.69) is 46.9 Å². The van der Waals surface area contributed by atoms with Gasteiger partial charge in [0, 0.05) is 5.57 Å². The average molecular weight is 558 g/mol. The molecule has 3 N–H and O–H groups in total. The molecule has 0 saturated carbocycles. The lowest BCUT2D eigenvalue weighted by Crippen LogP contribution is -2.65. The van der Waals surface area contributed by atoms with Crippen molar-refractivity contribution in [2.24, 2.45) is 0 Å². The van der Waals surface area contributed by atoms with E-state index in [9.17, 15) is 19.8 Å². The minimum atomic E-state index is -2.82. The van der Waals surface area contributed by atoms with Crippen LogP contribution in [-0.4, -0.2) is 59.9 Å². The van der Waals surface area contributed by atoms with E-state index < -0.39 is 49.6 Å². The Morgan fingerprint density at radius 3 is 2.21 bits per heavy atom. The molecule has 0 aromatic heterocycles. The van der Waals surface area contributed by atoms with Gasteiger partial charge in [-0.1, -0.05) is 91.0 Å². The number of hydrogen-bond donors (Lipinski definition) is 3. The Morgan fingerprint density at radius 2 is 1.67 bits per heavy atom. The van der Waals surface area contributed by atoms with E-state index in [0.717, 1.165) is 6.42 Å². The standard InChI is InChI=1S/C30H43NO7Si/c1-9-10-16-22-24(36-22)23-20(8)25(32)29(37-23)27(38-39(17(2)3,18(4)5)19(6)7)30(35,31-28(29)34)26(33)21-14-12-11-13-15-21/h10-19,22,24,26-27,33,35H,9H2,1-8H3,(H,31,34)/b16-10-/t22-,24+,26?,27-,29-,30-/m1/s1. The Balaban J connectivity index is 1.85. The summed E-state index contributed by atoms with van der Waals surface area (Å²) in [5.41, 5.74) is -3.66. The largest absolute Gasteiger partial charge is 0.467 e. The van der Waals surface area contributed by atoms with Gasteiger partial charge in [0.25, 0.3) is 11.5 Å². The number of aliphatic hydroxyl groups is 2. The van der Waals surface area contributed by atoms with Crippen LogP contribution in [0.2, 0.25) is 16.6 Å². The molecule has 3 heterocycles. The van der Waals surface area contributed by atoms with Gasteiger partial charge in [0.15, 0.2) is 11.8 Å². The molecule has 8 nitrogen and oxygen atoms in total. The second-order valence-electron chi connectivity index (χ2n) is 11.9. The fraction of sp³-hybridized carbons (Fsp3) is 0.600. The maximum Gasteiger partial charge on any atom is 0.277 e. The third kappa shape index (κ3) is 4.52. The van der Waals surface area contributed by atoms with Crippen molar-refractivity contribution in [1.82, 2.24) is 5.32 Å². The van der Waals surface area contributed by atoms with Gasteiger partial charge in [0.2, 0.25) is 14.1 Å². The van der Waals surface area contributed by atoms with Crippen LogP contribution in [0.5, 0.6) is 0 Å². The topological polar surface area (TPSA) is 118 Å². The van der Waals surface area contributed by atoms with E-state index >= 15 is 0 Å². The molecule has 1 amide bonds. The molecule has 214 valence electrons. The second-order valence-corrected chi connectivity index (χ2v) is 17.3. The Morgan fingerprint density at radius 1 is 1.08 bits per heavy atom. The summed E-state index contributed by atoms with van der Waals surface area (Å²) in [6, 6.07) is 8.57. The number of carbonyl (C=O) groups is 2. The van der Waals surface area contributed by atoms with E-state index in [0.29, 0.717) is 5.56 Å². The summed E-state index contributed by atoms with van der Waals surface area (Å²) in [4.78, 5) is 28.0. The van der Waals surface area contributed by atoms with Crippen molar-refractivity contribution in [3.63, 3.8) is 0 Å². The predicted octanol–water partition coefficient (Wildman–Crippen LogP) is 4.44. The highest BCUT2D eigenvalue weighted by molar-refractivity contribution is 6.77. The molecule has 39 heavy (non-hydrogen) atoms. The van der Waals surface area contributed by atoms with Gasteiger partial charge in [0.1, 0.15) is 24.1 Å². The summed E-state index contributed by atoms with van der Waals surface area (Å²) in [5, 5.41) is 26.3. The third-order valence-electron chi connectivity index (χ3n) is 8.65. The number of allylic oxidation sites excluding steroid dienone is 1. The summed E-state index contributed by atoms with van der Waals surface area (Å²) in [5.74, 6) is -1.13. The summed E-state index contributed by atoms with van der Waals surface area (Å²) in [7, 11) is -2.82. The number of hydrogen-bond acceptors (Lipinski definition) is 7. The van der Waals surface area contributed by atoms with Crippen LogP contribution in [0.25, 0.3) is 0 Å². The molecule has 1 aromatic carbocycles. The van der Waals surface area contributed by atoms with Crippen molar-refractivity contribution in [3.8, 4) is 0 Å². The lowest BCUT2D eigenvalue weighted by Gasteiger charge is -2.48. The predicted molar refractivity (Wildman–Crippen MR) is 150 cm³/mol. The van der Waals surface area contributed by atoms with Crippen LogP contribution in [0, 0.1) is 0 Å². The van der Waals surface area contributed by atoms with Crippen LogP contribution < -0.4 is 5.32 Å². The molecule has 3 aliphatic heterocycles. The van der Waals surface area contributed by atoms with Crippen LogP contribution in [0.15, 0.2) is 53.8 Å². The van der Waals surface area contributed by atoms with Crippen molar-refractivity contribution in [2.75, 3.05) is 0 Å². The number of amides is 1. The zero-order chi connectivity index (χ0) is 28.9. The molecule has 1 spiro atoms. The Labute approximate surface area is 232 Å². The summed E-state index contributed by atoms with van der Waals surface area (Å²) >= 11 is 0. The number of carbonyl (C=O) groups excluding carboxylic acids is 2. The molecule has 2 saturated heterocycles. The Bertz CT molecular complexity index is 1140. The number of Topliss-reactive ketones (excluding diaryl/α,β-unsaturated/α-hetero) is 1. The molecule has 3 aliphatic rings. The van der Waals surface area contributed by atoms with Crippen LogP contribution in [0.1, 0.15) is 73.5 Å². The van der Waals surface area contributed by atoms with Gasteiger partial charge in [-0.2, -0.15) is 0 Å². The van der Waals surface area contributed by atoms with Crippen molar-refractivity contribution in [1.29, 1.82) is 0 Å². The number of epoxide rings is 1. The van der Waals surface area contributed by atoms with E-state index in [1.807, 2.05) is 19.1 Å². The van der Waals surface area contributed by atoms with Crippen molar-refractivity contribution < 1.29 is 33.7 Å². The summed E-state index contributed by atoms with van der Waals surface area (Å²) in [6.45, 7) is 16.1. The van der Waals surface area contributed by atoms with E-state index in [4.69, 9.17) is 13.9 Å². The molecular formula is C30H43NO7Si. The molecule has 0 radical (unpaired) electrons. The normalized spacial score (nSPS) is 31.8. The third-order valence-corrected chi connectivity index (χ3v) is 14.7. The lowest BCUT2D eigenvalue weighted by atomic mass is 9.84. The molecule has 9 heteroatoms. The number of aliphatic hydroxyl groups excluding tert-OH is 1. The number of nitrogens with one attached hydrogen (secondary N) is 1. The first kappa shape index (κ1) is 29.7. The SMILES string of the molecule is CC/C=C\[C@H]1O[C@@H]1C1=C(C)C(=O)[C@]2(O1)C(=O)N[C@@](O)(C(O)c1ccccc1)[C@@H]2O[Si](C(C)C)(C(C)C)C(C)C.